The summed E-state index contributed by atoms with van der Waals surface area (Å²) in [6.45, 7) is 2.03. The highest BCUT2D eigenvalue weighted by Gasteiger charge is 2.17. The van der Waals surface area contributed by atoms with Crippen LogP contribution in [-0.2, 0) is 4.74 Å². The number of aromatic nitrogens is 2. The molecule has 0 spiro atoms. The summed E-state index contributed by atoms with van der Waals surface area (Å²) in [6.07, 6.45) is 0. The summed E-state index contributed by atoms with van der Waals surface area (Å²) in [4.78, 5) is 22.8. The van der Waals surface area contributed by atoms with Crippen LogP contribution < -0.4 is 9.64 Å². The van der Waals surface area contributed by atoms with Crippen LogP contribution in [0.25, 0.3) is 10.9 Å². The van der Waals surface area contributed by atoms with Gasteiger partial charge in [0.15, 0.2) is 0 Å². The van der Waals surface area contributed by atoms with Crippen LogP contribution in [0.3, 0.4) is 0 Å². The molecule has 3 rings (SSSR count). The molecule has 0 aliphatic heterocycles. The molecule has 0 unspecified atom stereocenters. The summed E-state index contributed by atoms with van der Waals surface area (Å²) in [5.74, 6) is 0.935. The largest absolute Gasteiger partial charge is 0.497 e. The van der Waals surface area contributed by atoms with Gasteiger partial charge in [-0.3, -0.25) is 0 Å². The van der Waals surface area contributed by atoms with E-state index in [9.17, 15) is 4.79 Å². The Labute approximate surface area is 146 Å². The predicted octanol–water partition coefficient (Wildman–Crippen LogP) is 3.58. The third-order valence-corrected chi connectivity index (χ3v) is 3.82. The zero-order chi connectivity index (χ0) is 17.8. The van der Waals surface area contributed by atoms with Crippen molar-refractivity contribution in [1.82, 2.24) is 9.97 Å². The van der Waals surface area contributed by atoms with E-state index in [4.69, 9.17) is 9.47 Å². The number of benzene rings is 2. The van der Waals surface area contributed by atoms with Crippen LogP contribution in [0, 0.1) is 0 Å². The lowest BCUT2D eigenvalue weighted by Gasteiger charge is -2.20. The van der Waals surface area contributed by atoms with Crippen LogP contribution >= 0.6 is 0 Å². The fourth-order valence-corrected chi connectivity index (χ4v) is 2.53. The van der Waals surface area contributed by atoms with Gasteiger partial charge in [-0.25, -0.2) is 14.8 Å². The summed E-state index contributed by atoms with van der Waals surface area (Å²) < 4.78 is 10.2. The van der Waals surface area contributed by atoms with Gasteiger partial charge in [0, 0.05) is 18.1 Å². The van der Waals surface area contributed by atoms with E-state index in [0.717, 1.165) is 16.8 Å². The number of methoxy groups -OCH3 is 1. The molecule has 0 amide bonds. The average Bonchev–Trinajstić information content (AvgIpc) is 2.66. The third-order valence-electron chi connectivity index (χ3n) is 3.82. The van der Waals surface area contributed by atoms with Crippen molar-refractivity contribution in [3.63, 3.8) is 0 Å². The van der Waals surface area contributed by atoms with Crippen LogP contribution in [-0.4, -0.2) is 36.7 Å². The molecule has 25 heavy (non-hydrogen) atoms. The van der Waals surface area contributed by atoms with Crippen molar-refractivity contribution < 1.29 is 14.3 Å². The van der Waals surface area contributed by atoms with Crippen LogP contribution in [0.5, 0.6) is 5.75 Å². The monoisotopic (exact) mass is 337 g/mol. The number of carbonyl (C=O) groups is 1. The molecular formula is C19H19N3O3. The SMILES string of the molecule is CCOC(=O)c1nc(N(C)c2ccc(OC)cc2)c2ccccc2n1. The zero-order valence-electron chi connectivity index (χ0n) is 14.4. The molecule has 2 aromatic carbocycles. The van der Waals surface area contributed by atoms with E-state index >= 15 is 0 Å². The second-order valence-corrected chi connectivity index (χ2v) is 5.37. The zero-order valence-corrected chi connectivity index (χ0v) is 14.4. The van der Waals surface area contributed by atoms with Gasteiger partial charge in [0.2, 0.25) is 5.82 Å². The summed E-state index contributed by atoms with van der Waals surface area (Å²) in [5, 5.41) is 0.855. The van der Waals surface area contributed by atoms with E-state index in [2.05, 4.69) is 9.97 Å². The molecule has 0 aliphatic carbocycles. The average molecular weight is 337 g/mol. The smallest absolute Gasteiger partial charge is 0.376 e. The minimum atomic E-state index is -0.530. The molecule has 0 radical (unpaired) electrons. The Balaban J connectivity index is 2.10. The van der Waals surface area contributed by atoms with E-state index < -0.39 is 5.97 Å². The van der Waals surface area contributed by atoms with Crippen LogP contribution in [0.4, 0.5) is 11.5 Å². The first kappa shape index (κ1) is 16.7. The van der Waals surface area contributed by atoms with Gasteiger partial charge in [-0.2, -0.15) is 0 Å². The molecule has 0 saturated heterocycles. The first-order valence-corrected chi connectivity index (χ1v) is 7.95. The molecule has 1 heterocycles. The van der Waals surface area contributed by atoms with Gasteiger partial charge in [0.1, 0.15) is 11.6 Å². The Bertz CT molecular complexity index is 894. The standard InChI is InChI=1S/C19H19N3O3/c1-4-25-19(23)17-20-16-8-6-5-7-15(16)18(21-17)22(2)13-9-11-14(24-3)12-10-13/h5-12H,4H2,1-3H3. The van der Waals surface area contributed by atoms with Crippen molar-refractivity contribution in [2.45, 2.75) is 6.92 Å². The van der Waals surface area contributed by atoms with E-state index in [0.29, 0.717) is 11.3 Å². The maximum absolute atomic E-state index is 12.1. The summed E-state index contributed by atoms with van der Waals surface area (Å²) >= 11 is 0. The highest BCUT2D eigenvalue weighted by atomic mass is 16.5. The van der Waals surface area contributed by atoms with E-state index in [-0.39, 0.29) is 12.4 Å². The van der Waals surface area contributed by atoms with Crippen molar-refractivity contribution in [3.8, 4) is 5.75 Å². The third kappa shape index (κ3) is 3.38. The summed E-state index contributed by atoms with van der Waals surface area (Å²) in [5.41, 5.74) is 1.61. The lowest BCUT2D eigenvalue weighted by molar-refractivity contribution is 0.0512. The van der Waals surface area contributed by atoms with Crippen LogP contribution in [0.1, 0.15) is 17.5 Å². The lowest BCUT2D eigenvalue weighted by Crippen LogP contribution is -2.16. The Hall–Kier alpha value is -3.15. The number of para-hydroxylation sites is 1. The number of fused-ring (bicyclic) bond motifs is 1. The Kier molecular flexibility index (Phi) is 4.79. The van der Waals surface area contributed by atoms with E-state index in [1.54, 1.807) is 14.0 Å². The Morgan fingerprint density at radius 2 is 1.80 bits per heavy atom. The van der Waals surface area contributed by atoms with Gasteiger partial charge in [-0.1, -0.05) is 12.1 Å². The highest BCUT2D eigenvalue weighted by molar-refractivity contribution is 5.95. The molecule has 0 atom stereocenters. The van der Waals surface area contributed by atoms with Gasteiger partial charge in [0.05, 0.1) is 19.2 Å². The normalized spacial score (nSPS) is 10.5. The number of rotatable bonds is 5. The van der Waals surface area contributed by atoms with Crippen LogP contribution in [0.15, 0.2) is 48.5 Å². The number of esters is 1. The maximum atomic E-state index is 12.1. The predicted molar refractivity (Wildman–Crippen MR) is 96.6 cm³/mol. The Morgan fingerprint density at radius 3 is 2.48 bits per heavy atom. The second kappa shape index (κ2) is 7.17. The number of ether oxygens (including phenoxy) is 2. The van der Waals surface area contributed by atoms with Gasteiger partial charge in [-0.05, 0) is 43.3 Å². The second-order valence-electron chi connectivity index (χ2n) is 5.37. The number of anilines is 2. The number of nitrogens with zero attached hydrogens (tertiary/aromatic N) is 3. The fraction of sp³-hybridized carbons (Fsp3) is 0.211. The van der Waals surface area contributed by atoms with Crippen molar-refractivity contribution in [2.75, 3.05) is 25.7 Å². The molecule has 0 N–H and O–H groups in total. The van der Waals surface area contributed by atoms with E-state index in [1.165, 1.54) is 0 Å². The van der Waals surface area contributed by atoms with Gasteiger partial charge in [0.25, 0.3) is 0 Å². The highest BCUT2D eigenvalue weighted by Crippen LogP contribution is 2.29. The quantitative estimate of drug-likeness (QED) is 0.663. The summed E-state index contributed by atoms with van der Waals surface area (Å²) in [6, 6.07) is 15.2. The minimum Gasteiger partial charge on any atom is -0.497 e. The van der Waals surface area contributed by atoms with Gasteiger partial charge in [-0.15, -0.1) is 0 Å². The number of hydrogen-bond acceptors (Lipinski definition) is 6. The van der Waals surface area contributed by atoms with E-state index in [1.807, 2.05) is 60.5 Å². The molecule has 6 heteroatoms. The Morgan fingerprint density at radius 1 is 1.08 bits per heavy atom. The molecule has 0 aliphatic rings. The molecule has 0 fully saturated rings. The maximum Gasteiger partial charge on any atom is 0.376 e. The van der Waals surface area contributed by atoms with Crippen molar-refractivity contribution in [3.05, 3.63) is 54.4 Å². The molecule has 1 aromatic heterocycles. The number of hydrogen-bond donors (Lipinski definition) is 0. The summed E-state index contributed by atoms with van der Waals surface area (Å²) in [7, 11) is 3.52. The molecule has 3 aromatic rings. The minimum absolute atomic E-state index is 0.0518. The number of carbonyl (C=O) groups excluding carboxylic acids is 1. The topological polar surface area (TPSA) is 64.5 Å². The molecule has 6 nitrogen and oxygen atoms in total. The van der Waals surface area contributed by atoms with Gasteiger partial charge < -0.3 is 14.4 Å². The van der Waals surface area contributed by atoms with Crippen molar-refractivity contribution in [2.24, 2.45) is 0 Å². The van der Waals surface area contributed by atoms with Gasteiger partial charge >= 0.3 is 5.97 Å². The molecule has 0 saturated carbocycles. The first-order chi connectivity index (χ1) is 12.1. The van der Waals surface area contributed by atoms with Crippen molar-refractivity contribution in [1.29, 1.82) is 0 Å². The van der Waals surface area contributed by atoms with Crippen LogP contribution in [0.2, 0.25) is 0 Å². The molecule has 128 valence electrons. The fourth-order valence-electron chi connectivity index (χ4n) is 2.53. The lowest BCUT2D eigenvalue weighted by atomic mass is 10.2. The molecule has 0 bridgehead atoms. The molecular weight excluding hydrogens is 318 g/mol. The first-order valence-electron chi connectivity index (χ1n) is 7.95. The van der Waals surface area contributed by atoms with Crippen molar-refractivity contribution >= 4 is 28.4 Å².